The number of anilines is 1. The maximum Gasteiger partial charge on any atom is 0.255 e. The number of nitrogens with zero attached hydrogens (tertiary/aromatic N) is 2. The SMILES string of the molecule is CCC(CC)=NNC(=O)CN(C)S(=O)(=O)c1ccc(NC(C)=O)cc1. The van der Waals surface area contributed by atoms with Gasteiger partial charge >= 0.3 is 0 Å². The summed E-state index contributed by atoms with van der Waals surface area (Å²) in [6, 6.07) is 5.72. The van der Waals surface area contributed by atoms with Gasteiger partial charge in [-0.15, -0.1) is 0 Å². The minimum absolute atomic E-state index is 0.0307. The average molecular weight is 368 g/mol. The number of hydrogen-bond acceptors (Lipinski definition) is 5. The van der Waals surface area contributed by atoms with Gasteiger partial charge in [0, 0.05) is 25.4 Å². The second-order valence-electron chi connectivity index (χ2n) is 5.39. The van der Waals surface area contributed by atoms with Crippen LogP contribution in [0.2, 0.25) is 0 Å². The number of carbonyl (C=O) groups excluding carboxylic acids is 2. The fraction of sp³-hybridized carbons (Fsp3) is 0.438. The number of sulfonamides is 1. The lowest BCUT2D eigenvalue weighted by atomic mass is 10.2. The van der Waals surface area contributed by atoms with Gasteiger partial charge in [-0.1, -0.05) is 13.8 Å². The highest BCUT2D eigenvalue weighted by Crippen LogP contribution is 2.17. The molecule has 25 heavy (non-hydrogen) atoms. The first kappa shape index (κ1) is 20.8. The van der Waals surface area contributed by atoms with Crippen molar-refractivity contribution < 1.29 is 18.0 Å². The summed E-state index contributed by atoms with van der Waals surface area (Å²) in [5.41, 5.74) is 3.68. The molecule has 0 unspecified atom stereocenters. The molecule has 0 atom stereocenters. The van der Waals surface area contributed by atoms with Crippen LogP contribution in [0.3, 0.4) is 0 Å². The Balaban J connectivity index is 2.79. The Hall–Kier alpha value is -2.26. The zero-order valence-corrected chi connectivity index (χ0v) is 15.7. The smallest absolute Gasteiger partial charge is 0.255 e. The highest BCUT2D eigenvalue weighted by atomic mass is 32.2. The molecule has 0 heterocycles. The van der Waals surface area contributed by atoms with Crippen LogP contribution in [0.15, 0.2) is 34.3 Å². The highest BCUT2D eigenvalue weighted by molar-refractivity contribution is 7.89. The van der Waals surface area contributed by atoms with Gasteiger partial charge in [-0.25, -0.2) is 13.8 Å². The molecule has 1 rings (SSSR count). The van der Waals surface area contributed by atoms with Crippen LogP contribution >= 0.6 is 0 Å². The number of rotatable bonds is 8. The van der Waals surface area contributed by atoms with E-state index in [9.17, 15) is 18.0 Å². The van der Waals surface area contributed by atoms with Crippen molar-refractivity contribution in [3.63, 3.8) is 0 Å². The van der Waals surface area contributed by atoms with E-state index in [0.29, 0.717) is 18.5 Å². The predicted molar refractivity (Wildman–Crippen MR) is 96.7 cm³/mol. The van der Waals surface area contributed by atoms with E-state index < -0.39 is 15.9 Å². The molecular weight excluding hydrogens is 344 g/mol. The summed E-state index contributed by atoms with van der Waals surface area (Å²) in [6.45, 7) is 4.87. The molecule has 0 fully saturated rings. The van der Waals surface area contributed by atoms with Crippen molar-refractivity contribution in [2.24, 2.45) is 5.10 Å². The van der Waals surface area contributed by atoms with E-state index >= 15 is 0 Å². The molecule has 0 aliphatic rings. The van der Waals surface area contributed by atoms with Crippen molar-refractivity contribution in [2.75, 3.05) is 18.9 Å². The van der Waals surface area contributed by atoms with Gasteiger partial charge in [0.1, 0.15) is 0 Å². The number of amides is 2. The molecule has 0 aliphatic heterocycles. The van der Waals surface area contributed by atoms with E-state index in [2.05, 4.69) is 15.8 Å². The van der Waals surface area contributed by atoms with Gasteiger partial charge in [0.25, 0.3) is 5.91 Å². The summed E-state index contributed by atoms with van der Waals surface area (Å²) in [6.07, 6.45) is 1.43. The van der Waals surface area contributed by atoms with Gasteiger partial charge in [-0.2, -0.15) is 9.41 Å². The second kappa shape index (κ2) is 9.28. The zero-order chi connectivity index (χ0) is 19.0. The third kappa shape index (κ3) is 6.28. The first-order valence-corrected chi connectivity index (χ1v) is 9.33. The molecule has 0 saturated heterocycles. The van der Waals surface area contributed by atoms with Gasteiger partial charge < -0.3 is 5.32 Å². The van der Waals surface area contributed by atoms with Gasteiger partial charge in [-0.3, -0.25) is 9.59 Å². The standard InChI is InChI=1S/C16H24N4O4S/c1-5-13(6-2)18-19-16(22)11-20(4)25(23,24)15-9-7-14(8-10-15)17-12(3)21/h7-10H,5-6,11H2,1-4H3,(H,17,21)(H,19,22). The van der Waals surface area contributed by atoms with Crippen molar-refractivity contribution in [1.82, 2.24) is 9.73 Å². The lowest BCUT2D eigenvalue weighted by Gasteiger charge is -2.16. The molecule has 2 amide bonds. The lowest BCUT2D eigenvalue weighted by molar-refractivity contribution is -0.121. The normalized spacial score (nSPS) is 11.1. The molecule has 1 aromatic carbocycles. The molecule has 1 aromatic rings. The van der Waals surface area contributed by atoms with Gasteiger partial charge in [-0.05, 0) is 37.1 Å². The molecule has 0 spiro atoms. The van der Waals surface area contributed by atoms with Crippen molar-refractivity contribution in [2.45, 2.75) is 38.5 Å². The molecule has 0 saturated carbocycles. The third-order valence-electron chi connectivity index (χ3n) is 3.40. The largest absolute Gasteiger partial charge is 0.326 e. The molecule has 9 heteroatoms. The maximum absolute atomic E-state index is 12.5. The van der Waals surface area contributed by atoms with Crippen molar-refractivity contribution in [1.29, 1.82) is 0 Å². The Morgan fingerprint density at radius 1 is 1.12 bits per heavy atom. The molecule has 8 nitrogen and oxygen atoms in total. The summed E-state index contributed by atoms with van der Waals surface area (Å²) in [4.78, 5) is 22.9. The van der Waals surface area contributed by atoms with E-state index in [1.165, 1.54) is 38.2 Å². The Kier molecular flexibility index (Phi) is 7.72. The molecular formula is C16H24N4O4S. The number of nitrogens with one attached hydrogen (secondary N) is 2. The van der Waals surface area contributed by atoms with Crippen molar-refractivity contribution >= 4 is 33.2 Å². The van der Waals surface area contributed by atoms with Crippen LogP contribution in [0, 0.1) is 0 Å². The quantitative estimate of drug-likeness (QED) is 0.536. The number of likely N-dealkylation sites (N-methyl/N-ethyl adjacent to an activating group) is 1. The number of hydrogen-bond donors (Lipinski definition) is 2. The molecule has 0 aliphatic carbocycles. The van der Waals surface area contributed by atoms with Crippen LogP contribution in [0.25, 0.3) is 0 Å². The van der Waals surface area contributed by atoms with Crippen molar-refractivity contribution in [3.8, 4) is 0 Å². The fourth-order valence-electron chi connectivity index (χ4n) is 1.97. The van der Waals surface area contributed by atoms with E-state index in [1.807, 2.05) is 13.8 Å². The number of carbonyl (C=O) groups is 2. The zero-order valence-electron chi connectivity index (χ0n) is 14.9. The van der Waals surface area contributed by atoms with E-state index in [1.54, 1.807) is 0 Å². The Bertz CT molecular complexity index is 736. The maximum atomic E-state index is 12.5. The van der Waals surface area contributed by atoms with Crippen LogP contribution in [-0.4, -0.2) is 43.8 Å². The summed E-state index contributed by atoms with van der Waals surface area (Å²) in [5.74, 6) is -0.760. The van der Waals surface area contributed by atoms with Crippen LogP contribution in [0.4, 0.5) is 5.69 Å². The number of benzene rings is 1. The van der Waals surface area contributed by atoms with Crippen LogP contribution < -0.4 is 10.7 Å². The van der Waals surface area contributed by atoms with E-state index in [-0.39, 0.29) is 17.3 Å². The van der Waals surface area contributed by atoms with Crippen LogP contribution in [0.5, 0.6) is 0 Å². The topological polar surface area (TPSA) is 108 Å². The van der Waals surface area contributed by atoms with Gasteiger partial charge in [0.15, 0.2) is 0 Å². The summed E-state index contributed by atoms with van der Waals surface area (Å²) in [7, 11) is -2.50. The van der Waals surface area contributed by atoms with Gasteiger partial charge in [0.05, 0.1) is 11.4 Å². The first-order chi connectivity index (χ1) is 11.7. The summed E-state index contributed by atoms with van der Waals surface area (Å²) >= 11 is 0. The Morgan fingerprint density at radius 3 is 2.16 bits per heavy atom. The minimum Gasteiger partial charge on any atom is -0.326 e. The van der Waals surface area contributed by atoms with Gasteiger partial charge in [0.2, 0.25) is 15.9 Å². The van der Waals surface area contributed by atoms with Crippen molar-refractivity contribution in [3.05, 3.63) is 24.3 Å². The molecule has 0 aromatic heterocycles. The van der Waals surface area contributed by atoms with E-state index in [4.69, 9.17) is 0 Å². The highest BCUT2D eigenvalue weighted by Gasteiger charge is 2.22. The summed E-state index contributed by atoms with van der Waals surface area (Å²) < 4.78 is 25.9. The Morgan fingerprint density at radius 2 is 1.68 bits per heavy atom. The Labute approximate surface area is 148 Å². The molecule has 2 N–H and O–H groups in total. The fourth-order valence-corrected chi connectivity index (χ4v) is 3.09. The monoisotopic (exact) mass is 368 g/mol. The summed E-state index contributed by atoms with van der Waals surface area (Å²) in [5, 5.41) is 6.52. The molecule has 0 radical (unpaired) electrons. The number of hydrazone groups is 1. The lowest BCUT2D eigenvalue weighted by Crippen LogP contribution is -2.37. The average Bonchev–Trinajstić information content (AvgIpc) is 2.55. The minimum atomic E-state index is -3.82. The second-order valence-corrected chi connectivity index (χ2v) is 7.43. The third-order valence-corrected chi connectivity index (χ3v) is 5.22. The van der Waals surface area contributed by atoms with Crippen LogP contribution in [0.1, 0.15) is 33.6 Å². The van der Waals surface area contributed by atoms with E-state index in [0.717, 1.165) is 10.0 Å². The van der Waals surface area contributed by atoms with Crippen LogP contribution in [-0.2, 0) is 19.6 Å². The predicted octanol–water partition coefficient (Wildman–Crippen LogP) is 1.56. The molecule has 138 valence electrons. The first-order valence-electron chi connectivity index (χ1n) is 7.89. The molecule has 0 bridgehead atoms.